The van der Waals surface area contributed by atoms with Gasteiger partial charge in [-0.25, -0.2) is 4.79 Å². The number of aliphatic hydroxyl groups is 2. The summed E-state index contributed by atoms with van der Waals surface area (Å²) in [6.07, 6.45) is 37.1. The topological polar surface area (TPSA) is 636 Å². The minimum atomic E-state index is -1.69. The van der Waals surface area contributed by atoms with E-state index in [9.17, 15) is 93.9 Å². The summed E-state index contributed by atoms with van der Waals surface area (Å²) in [6.45, 7) is 9.83. The smallest absolute Gasteiger partial charge is 0.335 e. The molecule has 0 aromatic heterocycles. The van der Waals surface area contributed by atoms with Gasteiger partial charge < -0.3 is 158 Å². The average Bonchev–Trinajstić information content (AvgIpc) is 1.43. The summed E-state index contributed by atoms with van der Waals surface area (Å²) in [5.41, 5.74) is -3.78. The van der Waals surface area contributed by atoms with Crippen molar-refractivity contribution in [2.45, 2.75) is 273 Å². The zero-order valence-electron chi connectivity index (χ0n) is 73.5. The number of carboxylic acid groups (broad SMARTS) is 13. The van der Waals surface area contributed by atoms with Crippen LogP contribution in [0.3, 0.4) is 0 Å². The molecule has 3 N–H and O–H groups in total. The van der Waals surface area contributed by atoms with Crippen LogP contribution < -0.4 is 71.1 Å². The van der Waals surface area contributed by atoms with Crippen LogP contribution in [-0.4, -0.2) is 151 Å². The van der Waals surface area contributed by atoms with Gasteiger partial charge >= 0.3 is 11.9 Å². The Kier molecular flexibility index (Phi) is 54.8. The second-order valence-corrected chi connectivity index (χ2v) is 34.7. The highest BCUT2D eigenvalue weighted by molar-refractivity contribution is 5.90. The number of aliphatic carboxylic acids is 12. The molecule has 0 amide bonds. The number of aromatic carboxylic acids is 1. The van der Waals surface area contributed by atoms with E-state index in [2.05, 4.69) is 16.4 Å². The number of fused-ring (bicyclic) bond motifs is 11. The van der Waals surface area contributed by atoms with Gasteiger partial charge in [0.25, 0.3) is 0 Å². The van der Waals surface area contributed by atoms with Crippen molar-refractivity contribution in [2.24, 2.45) is 93.7 Å². The second-order valence-electron chi connectivity index (χ2n) is 34.7. The number of esters is 1. The molecule has 14 saturated carbocycles. The van der Waals surface area contributed by atoms with E-state index >= 15 is 0 Å². The van der Waals surface area contributed by atoms with Gasteiger partial charge in [-0.1, -0.05) is 114 Å². The summed E-state index contributed by atoms with van der Waals surface area (Å²) in [7, 11) is 2.63. The van der Waals surface area contributed by atoms with E-state index in [0.717, 1.165) is 92.4 Å². The third-order valence-electron chi connectivity index (χ3n) is 23.6. The number of methoxy groups -OCH3 is 2. The van der Waals surface area contributed by atoms with Gasteiger partial charge in [-0.05, 0) is 291 Å². The van der Waals surface area contributed by atoms with Crippen molar-refractivity contribution >= 4 is 83.6 Å². The van der Waals surface area contributed by atoms with Crippen LogP contribution in [0.1, 0.15) is 272 Å². The number of benzene rings is 2. The van der Waals surface area contributed by atoms with Crippen LogP contribution in [0.15, 0.2) is 54.6 Å². The van der Waals surface area contributed by atoms with Gasteiger partial charge in [-0.15, -0.1) is 0 Å². The SMILES string of the molecule is C1CC2CC1C1C3CCC(C3)C21.C1CC2CCC1C2.CC(=O)[O-].CC(=O)[O-].CC(=O)[O-].CC(C)(O)C(=O)[O-].CCCC(=O)[O-].CCCCCCCC(=O)[O-].COC(C)(C)C(=O)[O-].COCC(=O)[O-].O=C(O)c1ccccc1[O-].O=C([O-])C12CC3CC(CC(C3)C1)C2.O=C([O-])CO.O=C([O-])COC(=O)C12CC3CC(CC(C3)C1)C2.O=C([O-])COc1ccccc1. The second kappa shape index (κ2) is 59.4. The van der Waals surface area contributed by atoms with E-state index in [4.69, 9.17) is 64.4 Å². The molecule has 16 rings (SSSR count). The fourth-order valence-electron chi connectivity index (χ4n) is 19.3. The Morgan fingerprint density at radius 2 is 0.758 bits per heavy atom. The Morgan fingerprint density at radius 1 is 0.419 bits per heavy atom. The van der Waals surface area contributed by atoms with Crippen LogP contribution in [-0.2, 0) is 76.5 Å². The normalized spacial score (nSPS) is 25.8. The maximum atomic E-state index is 12.1. The van der Waals surface area contributed by atoms with Gasteiger partial charge in [0.05, 0.1) is 65.6 Å². The van der Waals surface area contributed by atoms with Crippen LogP contribution >= 0.6 is 0 Å². The number of ether oxygens (including phenoxy) is 4. The highest BCUT2D eigenvalue weighted by Crippen LogP contribution is 2.67. The van der Waals surface area contributed by atoms with Crippen LogP contribution in [0.5, 0.6) is 11.5 Å². The molecular weight excluding hydrogens is 1620 g/mol. The van der Waals surface area contributed by atoms with Gasteiger partial charge in [-0.2, -0.15) is 0 Å². The average molecular weight is 1750 g/mol. The lowest BCUT2D eigenvalue weighted by atomic mass is 9.49. The fourth-order valence-corrected chi connectivity index (χ4v) is 19.3. The molecular formula is C90H129O34-13. The Hall–Kier alpha value is -9.54. The molecule has 14 fully saturated rings. The summed E-state index contributed by atoms with van der Waals surface area (Å²) in [5, 5.41) is 151. The maximum absolute atomic E-state index is 12.1. The molecule has 2 aromatic carbocycles. The van der Waals surface area contributed by atoms with Gasteiger partial charge in [-0.3, -0.25) is 4.79 Å². The first-order valence-corrected chi connectivity index (χ1v) is 42.4. The number of carbonyl (C=O) groups excluding carboxylic acids is 13. The predicted octanol–water partition coefficient (Wildman–Crippen LogP) is -2.32. The van der Waals surface area contributed by atoms with Crippen molar-refractivity contribution in [3.63, 3.8) is 0 Å². The largest absolute Gasteiger partial charge is 0.872 e. The van der Waals surface area contributed by atoms with E-state index in [0.29, 0.717) is 47.7 Å². The molecule has 0 saturated heterocycles. The van der Waals surface area contributed by atoms with E-state index < -0.39 is 120 Å². The molecule has 4 unspecified atom stereocenters. The standard InChI is InChI=1S/C13H18O4.C12H18.C11H16O2.C8H8O3.C8H16O2.C7H6O3.C7H12.C5H10O3.C4H8O3.C4H8O2.C3H6O3.C2H4O3.3C2H4O2/c14-11(15)7-17-12(16)13-4-8-1-9(5-13)3-10(2-8)6-13;1-2-8-5-7(1)11-9-3-4-10(6-9)12(8)11;12-10(13)11-4-7-1-8(5-11)3-9(2-7)6-11;9-8(10)6-11-7-4-2-1-3-5-7;1-2-3-4-5-6-7-8(9)10;8-6-4-2-1-3-5(6)7(9)10;1-2-7-4-3-6(1)5-7;1-5(2,8-3)4(6)7;1-4(2,7)3(5)6;1-2-3-4(5)6;1-6-2-3(4)5;3-1-2(4)5;3*1-2(3)4/h8-10H,1-7H2,(H,14,15);7-12H,1-6H2;7-9H,1-6H2,(H,12,13);1-5H,6H2,(H,9,10);2-7H2,1H3,(H,9,10);1-4,8H,(H,9,10);6-7H,1-5H2;1-3H3,(H,6,7);7H,1-2H3,(H,5,6);2-3H2,1H3,(H,5,6);2H2,1H3,(H,4,5);3H,1H2,(H,4,5);3*1H3,(H,3,4)/p-13. The van der Waals surface area contributed by atoms with Crippen LogP contribution in [0.4, 0.5) is 0 Å². The van der Waals surface area contributed by atoms with E-state index in [1.165, 1.54) is 151 Å². The maximum Gasteiger partial charge on any atom is 0.335 e. The number of hydrogen-bond acceptors (Lipinski definition) is 33. The Labute approximate surface area is 726 Å². The fraction of sp³-hybridized carbons (Fsp3) is 0.711. The predicted molar refractivity (Wildman–Crippen MR) is 417 cm³/mol. The first kappa shape index (κ1) is 114. The van der Waals surface area contributed by atoms with Crippen molar-refractivity contribution in [3.8, 4) is 11.5 Å². The monoisotopic (exact) mass is 1750 g/mol. The van der Waals surface area contributed by atoms with E-state index in [1.807, 2.05) is 6.07 Å². The Morgan fingerprint density at radius 3 is 0.992 bits per heavy atom. The number of rotatable bonds is 22. The van der Waals surface area contributed by atoms with Crippen molar-refractivity contribution in [1.82, 2.24) is 0 Å². The molecule has 0 heterocycles. The Bertz CT molecular complexity index is 3390. The van der Waals surface area contributed by atoms with Crippen LogP contribution in [0.25, 0.3) is 0 Å². The quantitative estimate of drug-likeness (QED) is 0.0633. The zero-order valence-corrected chi connectivity index (χ0v) is 73.5. The minimum absolute atomic E-state index is 0.178. The molecule has 14 aliphatic rings. The van der Waals surface area contributed by atoms with Gasteiger partial charge in [0, 0.05) is 55.5 Å². The number of hydrogen-bond donors (Lipinski definition) is 3. The number of unbranched alkanes of at least 4 members (excludes halogenated alkanes) is 4. The van der Waals surface area contributed by atoms with Crippen molar-refractivity contribution in [2.75, 3.05) is 40.6 Å². The summed E-state index contributed by atoms with van der Waals surface area (Å²) in [6, 6.07) is 14.3. The van der Waals surface area contributed by atoms with Crippen molar-refractivity contribution < 1.29 is 168 Å². The van der Waals surface area contributed by atoms with E-state index in [-0.39, 0.29) is 36.4 Å². The number of para-hydroxylation sites is 2. The first-order chi connectivity index (χ1) is 57.9. The molecule has 14 aliphatic carbocycles. The first-order valence-electron chi connectivity index (χ1n) is 42.4. The summed E-state index contributed by atoms with van der Waals surface area (Å²) in [5.74, 6) is -1.30. The van der Waals surface area contributed by atoms with Gasteiger partial charge in [0.1, 0.15) is 24.6 Å². The number of carbonyl (C=O) groups is 14. The molecule has 706 valence electrons. The highest BCUT2D eigenvalue weighted by Gasteiger charge is 2.60. The summed E-state index contributed by atoms with van der Waals surface area (Å²) >= 11 is 0. The number of aliphatic hydroxyl groups excluding tert-OH is 1. The highest BCUT2D eigenvalue weighted by atomic mass is 16.6. The van der Waals surface area contributed by atoms with Crippen molar-refractivity contribution in [1.29, 1.82) is 0 Å². The Balaban J connectivity index is 0.00000133. The van der Waals surface area contributed by atoms with E-state index in [1.54, 1.807) is 102 Å². The molecule has 124 heavy (non-hydrogen) atoms. The minimum Gasteiger partial charge on any atom is -0.872 e. The lowest BCUT2D eigenvalue weighted by Crippen LogP contribution is -2.54. The molecule has 0 radical (unpaired) electrons. The molecule has 14 bridgehead atoms. The molecule has 34 nitrogen and oxygen atoms in total. The molecule has 0 spiro atoms. The van der Waals surface area contributed by atoms with Gasteiger partial charge in [0.15, 0.2) is 0 Å². The third-order valence-corrected chi connectivity index (χ3v) is 23.6. The van der Waals surface area contributed by atoms with Crippen molar-refractivity contribution in [3.05, 3.63) is 60.2 Å². The summed E-state index contributed by atoms with van der Waals surface area (Å²) in [4.78, 5) is 138. The lowest BCUT2D eigenvalue weighted by Gasteiger charge is -2.57. The lowest BCUT2D eigenvalue weighted by molar-refractivity contribution is -0.327. The molecule has 4 atom stereocenters. The summed E-state index contributed by atoms with van der Waals surface area (Å²) < 4.78 is 18.4. The van der Waals surface area contributed by atoms with Crippen LogP contribution in [0.2, 0.25) is 0 Å². The zero-order chi connectivity index (χ0) is 94.8. The van der Waals surface area contributed by atoms with Gasteiger partial charge in [0.2, 0.25) is 0 Å². The third kappa shape index (κ3) is 47.5. The molecule has 2 aromatic rings. The van der Waals surface area contributed by atoms with Crippen LogP contribution in [0, 0.1) is 93.7 Å². The number of carboxylic acids is 13. The molecule has 34 heteroatoms. The molecule has 0 aliphatic heterocycles.